The highest BCUT2D eigenvalue weighted by atomic mass is 35.5. The van der Waals surface area contributed by atoms with Crippen LogP contribution in [-0.2, 0) is 6.54 Å². The van der Waals surface area contributed by atoms with Gasteiger partial charge in [-0.25, -0.2) is 0 Å². The van der Waals surface area contributed by atoms with Crippen molar-refractivity contribution in [3.63, 3.8) is 0 Å². The lowest BCUT2D eigenvalue weighted by atomic mass is 10.0. The Morgan fingerprint density at radius 1 is 1.15 bits per heavy atom. The largest absolute Gasteiger partial charge is 0.371 e. The van der Waals surface area contributed by atoms with E-state index in [2.05, 4.69) is 61.5 Å². The van der Waals surface area contributed by atoms with Crippen molar-refractivity contribution in [1.29, 1.82) is 5.26 Å². The molecule has 2 aliphatic heterocycles. The van der Waals surface area contributed by atoms with Crippen molar-refractivity contribution in [2.24, 2.45) is 5.92 Å². The molecule has 4 heterocycles. The van der Waals surface area contributed by atoms with Gasteiger partial charge in [0, 0.05) is 24.3 Å². The van der Waals surface area contributed by atoms with E-state index in [4.69, 9.17) is 16.9 Å². The Morgan fingerprint density at radius 2 is 2.00 bits per heavy atom. The third-order valence-electron chi connectivity index (χ3n) is 7.13. The van der Waals surface area contributed by atoms with Crippen LogP contribution in [0, 0.1) is 17.2 Å². The molecule has 1 saturated heterocycles. The summed E-state index contributed by atoms with van der Waals surface area (Å²) in [5, 5.41) is 18.5. The third-order valence-corrected chi connectivity index (χ3v) is 7.54. The van der Waals surface area contributed by atoms with Crippen LogP contribution >= 0.6 is 11.6 Å². The van der Waals surface area contributed by atoms with Crippen molar-refractivity contribution in [2.75, 3.05) is 18.0 Å². The number of benzene rings is 2. The minimum absolute atomic E-state index is 0.630. The van der Waals surface area contributed by atoms with Crippen LogP contribution in [0.5, 0.6) is 0 Å². The predicted octanol–water partition coefficient (Wildman–Crippen LogP) is 5.92. The molecule has 0 unspecified atom stereocenters. The Kier molecular flexibility index (Phi) is 5.15. The van der Waals surface area contributed by atoms with E-state index >= 15 is 0 Å². The molecule has 4 aromatic rings. The summed E-state index contributed by atoms with van der Waals surface area (Å²) >= 11 is 6.97. The number of hydrogen-bond donors (Lipinski definition) is 0. The van der Waals surface area contributed by atoms with Crippen LogP contribution in [-0.4, -0.2) is 32.4 Å². The maximum Gasteiger partial charge on any atom is 0.185 e. The molecule has 2 aliphatic rings. The van der Waals surface area contributed by atoms with Gasteiger partial charge in [-0.2, -0.15) is 5.26 Å². The zero-order valence-corrected chi connectivity index (χ0v) is 19.8. The quantitative estimate of drug-likeness (QED) is 0.328. The monoisotopic (exact) mass is 468 g/mol. The number of nitriles is 1. The highest BCUT2D eigenvalue weighted by Crippen LogP contribution is 2.40. The summed E-state index contributed by atoms with van der Waals surface area (Å²) in [6.07, 6.45) is 5.59. The van der Waals surface area contributed by atoms with Gasteiger partial charge in [0.05, 0.1) is 29.6 Å². The highest BCUT2D eigenvalue weighted by molar-refractivity contribution is 6.32. The molecular weight excluding hydrogens is 444 g/mol. The molecule has 6 nitrogen and oxygen atoms in total. The van der Waals surface area contributed by atoms with E-state index in [0.29, 0.717) is 17.3 Å². The summed E-state index contributed by atoms with van der Waals surface area (Å²) in [6, 6.07) is 18.5. The molecule has 0 bridgehead atoms. The number of anilines is 1. The molecule has 0 radical (unpaired) electrons. The van der Waals surface area contributed by atoms with Gasteiger partial charge < -0.3 is 9.47 Å². The van der Waals surface area contributed by atoms with Gasteiger partial charge in [0.15, 0.2) is 5.82 Å². The maximum atomic E-state index is 9.14. The summed E-state index contributed by atoms with van der Waals surface area (Å²) in [5.74, 6) is 1.56. The van der Waals surface area contributed by atoms with Crippen molar-refractivity contribution in [3.05, 3.63) is 71.1 Å². The molecule has 1 atom stereocenters. The van der Waals surface area contributed by atoms with Gasteiger partial charge in [0.25, 0.3) is 0 Å². The number of aromatic nitrogens is 4. The SMILES string of the molecule is CCC[C@@H]1CCN(c2ccc3c(c2)Cn2c(cc(-c4ccc(C#N)cc4)c2Cl)-c2nncn2-3)C1. The molecular formula is C27H25ClN6. The third kappa shape index (κ3) is 3.39. The van der Waals surface area contributed by atoms with Crippen molar-refractivity contribution in [1.82, 2.24) is 19.3 Å². The van der Waals surface area contributed by atoms with Crippen LogP contribution in [0.3, 0.4) is 0 Å². The lowest BCUT2D eigenvalue weighted by Crippen LogP contribution is -2.20. The fraction of sp³-hybridized carbons (Fsp3) is 0.296. The molecule has 0 N–H and O–H groups in total. The van der Waals surface area contributed by atoms with E-state index in [1.807, 2.05) is 24.3 Å². The van der Waals surface area contributed by atoms with Gasteiger partial charge in [-0.3, -0.25) is 4.57 Å². The minimum atomic E-state index is 0.630. The van der Waals surface area contributed by atoms with Crippen molar-refractivity contribution in [3.8, 4) is 34.4 Å². The number of nitrogens with zero attached hydrogens (tertiary/aromatic N) is 6. The van der Waals surface area contributed by atoms with Gasteiger partial charge in [-0.05, 0) is 66.3 Å². The van der Waals surface area contributed by atoms with E-state index in [1.165, 1.54) is 30.5 Å². The molecule has 0 amide bonds. The molecule has 2 aromatic heterocycles. The first kappa shape index (κ1) is 21.0. The van der Waals surface area contributed by atoms with Crippen LogP contribution < -0.4 is 4.90 Å². The van der Waals surface area contributed by atoms with Crippen LogP contribution in [0.15, 0.2) is 54.9 Å². The Labute approximate surface area is 204 Å². The summed E-state index contributed by atoms with van der Waals surface area (Å²) in [4.78, 5) is 2.51. The van der Waals surface area contributed by atoms with Gasteiger partial charge in [-0.15, -0.1) is 10.2 Å². The average Bonchev–Trinajstić information content (AvgIpc) is 3.58. The smallest absolute Gasteiger partial charge is 0.185 e. The van der Waals surface area contributed by atoms with Crippen LogP contribution in [0.25, 0.3) is 28.3 Å². The molecule has 0 aliphatic carbocycles. The van der Waals surface area contributed by atoms with Crippen molar-refractivity contribution in [2.45, 2.75) is 32.7 Å². The van der Waals surface area contributed by atoms with E-state index < -0.39 is 0 Å². The molecule has 6 rings (SSSR count). The minimum Gasteiger partial charge on any atom is -0.371 e. The molecule has 34 heavy (non-hydrogen) atoms. The topological polar surface area (TPSA) is 62.7 Å². The Hall–Kier alpha value is -3.56. The number of hydrogen-bond acceptors (Lipinski definition) is 4. The normalized spacial score (nSPS) is 16.5. The molecule has 0 saturated carbocycles. The van der Waals surface area contributed by atoms with E-state index in [0.717, 1.165) is 47.3 Å². The predicted molar refractivity (Wildman–Crippen MR) is 134 cm³/mol. The second-order valence-electron chi connectivity index (χ2n) is 9.24. The Bertz CT molecular complexity index is 1410. The van der Waals surface area contributed by atoms with Gasteiger partial charge in [0.1, 0.15) is 11.5 Å². The van der Waals surface area contributed by atoms with E-state index in [1.54, 1.807) is 6.33 Å². The molecule has 170 valence electrons. The molecule has 1 fully saturated rings. The fourth-order valence-electron chi connectivity index (χ4n) is 5.39. The lowest BCUT2D eigenvalue weighted by molar-refractivity contribution is 0.530. The van der Waals surface area contributed by atoms with Crippen molar-refractivity contribution < 1.29 is 0 Å². The summed E-state index contributed by atoms with van der Waals surface area (Å²) in [7, 11) is 0. The summed E-state index contributed by atoms with van der Waals surface area (Å²) in [6.45, 7) is 5.16. The summed E-state index contributed by atoms with van der Waals surface area (Å²) < 4.78 is 4.18. The van der Waals surface area contributed by atoms with Gasteiger partial charge in [-0.1, -0.05) is 37.1 Å². The molecule has 7 heteroatoms. The van der Waals surface area contributed by atoms with Crippen LogP contribution in [0.2, 0.25) is 5.15 Å². The van der Waals surface area contributed by atoms with E-state index in [-0.39, 0.29) is 0 Å². The fourth-order valence-corrected chi connectivity index (χ4v) is 5.70. The summed E-state index contributed by atoms with van der Waals surface area (Å²) in [5.41, 5.74) is 7.02. The van der Waals surface area contributed by atoms with Gasteiger partial charge >= 0.3 is 0 Å². The maximum absolute atomic E-state index is 9.14. The first-order valence-electron chi connectivity index (χ1n) is 11.8. The lowest BCUT2D eigenvalue weighted by Gasteiger charge is -2.21. The van der Waals surface area contributed by atoms with Crippen LogP contribution in [0.1, 0.15) is 37.3 Å². The number of fused-ring (bicyclic) bond motifs is 5. The number of halogens is 1. The van der Waals surface area contributed by atoms with Gasteiger partial charge in [0.2, 0.25) is 0 Å². The second kappa shape index (κ2) is 8.34. The highest BCUT2D eigenvalue weighted by Gasteiger charge is 2.27. The molecule has 2 aromatic carbocycles. The first-order chi connectivity index (χ1) is 16.7. The first-order valence-corrected chi connectivity index (χ1v) is 12.2. The Morgan fingerprint density at radius 3 is 2.79 bits per heavy atom. The standard InChI is InChI=1S/C27H25ClN6/c1-2-3-19-10-11-32(15-19)22-8-9-24-21(12-22)16-33-25(27-31-30-17-34(24)27)13-23(26(33)28)20-6-4-18(14-29)5-7-20/h4-9,12-13,17,19H,2-3,10-11,15-16H2,1H3/t19-/m1/s1. The number of rotatable bonds is 4. The van der Waals surface area contributed by atoms with Crippen molar-refractivity contribution >= 4 is 17.3 Å². The zero-order valence-electron chi connectivity index (χ0n) is 19.1. The van der Waals surface area contributed by atoms with Crippen LogP contribution in [0.4, 0.5) is 5.69 Å². The Balaban J connectivity index is 1.42. The second-order valence-corrected chi connectivity index (χ2v) is 9.59. The average molecular weight is 469 g/mol. The zero-order chi connectivity index (χ0) is 23.2. The van der Waals surface area contributed by atoms with E-state index in [9.17, 15) is 0 Å². The molecule has 0 spiro atoms.